The molecule has 0 heterocycles. The van der Waals surface area contributed by atoms with Crippen molar-refractivity contribution in [2.75, 3.05) is 14.2 Å². The van der Waals surface area contributed by atoms with Gasteiger partial charge in [0.1, 0.15) is 0 Å². The first kappa shape index (κ1) is 19.4. The third kappa shape index (κ3) is 4.67. The number of alkyl halides is 1. The number of hydrogen-bond donors (Lipinski definition) is 0. The predicted octanol–water partition coefficient (Wildman–Crippen LogP) is 0.764. The molecule has 2 aromatic carbocycles. The largest absolute Gasteiger partial charge is 1.00 e. The summed E-state index contributed by atoms with van der Waals surface area (Å²) in [5, 5.41) is 0. The molecule has 6 heteroatoms. The van der Waals surface area contributed by atoms with Gasteiger partial charge in [0.15, 0.2) is 0 Å². The number of halogens is 1. The van der Waals surface area contributed by atoms with Crippen LogP contribution in [0.4, 0.5) is 0 Å². The van der Waals surface area contributed by atoms with Crippen molar-refractivity contribution in [3.05, 3.63) is 59.3 Å². The Labute approximate surface area is 160 Å². The average molecular weight is 347 g/mol. The van der Waals surface area contributed by atoms with Gasteiger partial charge >= 0.3 is 29.6 Å². The molecule has 0 aliphatic heterocycles. The maximum atomic E-state index is 12.4. The Hall–Kier alpha value is -0.650. The van der Waals surface area contributed by atoms with Gasteiger partial charge in [-0.25, -0.2) is 0 Å². The summed E-state index contributed by atoms with van der Waals surface area (Å²) in [6.07, 6.45) is 0. The Morgan fingerprint density at radius 1 is 1.09 bits per heavy atom. The van der Waals surface area contributed by atoms with Crippen LogP contribution >= 0.6 is 11.6 Å². The summed E-state index contributed by atoms with van der Waals surface area (Å²) >= 11 is 5.89. The van der Waals surface area contributed by atoms with Gasteiger partial charge in [-0.05, 0) is 17.7 Å². The minimum absolute atomic E-state index is 0. The van der Waals surface area contributed by atoms with Crippen LogP contribution in [-0.2, 0) is 16.7 Å². The third-order valence-corrected chi connectivity index (χ3v) is 4.48. The molecule has 22 heavy (non-hydrogen) atoms. The van der Waals surface area contributed by atoms with Crippen molar-refractivity contribution in [2.24, 2.45) is 0 Å². The van der Waals surface area contributed by atoms with Gasteiger partial charge in [0.2, 0.25) is 0 Å². The van der Waals surface area contributed by atoms with Crippen LogP contribution in [0.5, 0.6) is 11.5 Å². The normalized spacial score (nSPS) is 11.2. The molecule has 0 spiro atoms. The molecular formula is C16H16ClNaO3S. The monoisotopic (exact) mass is 346 g/mol. The van der Waals surface area contributed by atoms with Crippen LogP contribution in [0.1, 0.15) is 11.1 Å². The maximum absolute atomic E-state index is 12.4. The second-order valence-corrected chi connectivity index (χ2v) is 5.84. The molecule has 0 aliphatic rings. The molecule has 1 unspecified atom stereocenters. The molecule has 0 fully saturated rings. The van der Waals surface area contributed by atoms with Crippen molar-refractivity contribution in [2.45, 2.75) is 10.8 Å². The molecule has 0 bridgehead atoms. The van der Waals surface area contributed by atoms with Crippen LogP contribution in [0.3, 0.4) is 0 Å². The number of ether oxygens (including phenoxy) is 2. The van der Waals surface area contributed by atoms with Gasteiger partial charge in [0.25, 0.3) is 0 Å². The molecule has 0 aliphatic carbocycles. The summed E-state index contributed by atoms with van der Waals surface area (Å²) in [6, 6.07) is 12.8. The molecule has 1 atom stereocenters. The van der Waals surface area contributed by atoms with Crippen molar-refractivity contribution in [3.8, 4) is 11.5 Å². The summed E-state index contributed by atoms with van der Waals surface area (Å²) in [4.78, 5) is 0.736. The second-order valence-electron chi connectivity index (χ2n) is 4.27. The van der Waals surface area contributed by atoms with E-state index in [2.05, 4.69) is 0 Å². The van der Waals surface area contributed by atoms with E-state index in [1.54, 1.807) is 32.1 Å². The summed E-state index contributed by atoms with van der Waals surface area (Å²) in [5.41, 5.74) is 1.55. The summed E-state index contributed by atoms with van der Waals surface area (Å²) < 4.78 is 23.0. The minimum Gasteiger partial charge on any atom is -0.554 e. The van der Waals surface area contributed by atoms with E-state index < -0.39 is 10.8 Å². The SMILES string of the molecule is COc1cc(CCl)c(OC)cc1[CH-]S(=O)c1ccccc1.[Na+]. The minimum atomic E-state index is -1.26. The fraction of sp³-hybridized carbons (Fsp3) is 0.188. The van der Waals surface area contributed by atoms with E-state index >= 15 is 0 Å². The number of benzene rings is 2. The van der Waals surface area contributed by atoms with Gasteiger partial charge in [0, 0.05) is 27.3 Å². The average Bonchev–Trinajstić information content (AvgIpc) is 2.55. The molecule has 0 aromatic heterocycles. The summed E-state index contributed by atoms with van der Waals surface area (Å²) in [7, 11) is 1.89. The first-order chi connectivity index (χ1) is 10.2. The van der Waals surface area contributed by atoms with Crippen LogP contribution in [0, 0.1) is 5.75 Å². The van der Waals surface area contributed by atoms with Gasteiger partial charge in [-0.1, -0.05) is 30.0 Å². The van der Waals surface area contributed by atoms with Gasteiger partial charge in [-0.2, -0.15) is 0 Å². The first-order valence-corrected chi connectivity index (χ1v) is 8.05. The second kappa shape index (κ2) is 9.48. The molecule has 0 saturated heterocycles. The number of methoxy groups -OCH3 is 2. The topological polar surface area (TPSA) is 35.5 Å². The van der Waals surface area contributed by atoms with Gasteiger partial charge < -0.3 is 9.47 Å². The first-order valence-electron chi connectivity index (χ1n) is 6.31. The molecule has 0 N–H and O–H groups in total. The number of hydrogen-bond acceptors (Lipinski definition) is 3. The molecule has 0 saturated carbocycles. The quantitative estimate of drug-likeness (QED) is 0.440. The zero-order valence-electron chi connectivity index (χ0n) is 12.8. The standard InChI is InChI=1S/C16H16ClO3S.Na/c1-19-15-9-13(16(20-2)8-12(15)10-17)11-21(18)14-6-4-3-5-7-14;/h3-9,11H,10H2,1-2H3;/q-1;+1. The zero-order valence-corrected chi connectivity index (χ0v) is 16.4. The van der Waals surface area contributed by atoms with E-state index in [9.17, 15) is 4.21 Å². The molecule has 0 amide bonds. The predicted molar refractivity (Wildman–Crippen MR) is 85.4 cm³/mol. The van der Waals surface area contributed by atoms with Crippen LogP contribution in [0.2, 0.25) is 0 Å². The number of rotatable bonds is 6. The molecule has 0 radical (unpaired) electrons. The molecule has 112 valence electrons. The van der Waals surface area contributed by atoms with E-state index in [1.165, 1.54) is 0 Å². The Morgan fingerprint density at radius 2 is 1.73 bits per heavy atom. The van der Waals surface area contributed by atoms with E-state index in [0.29, 0.717) is 22.9 Å². The van der Waals surface area contributed by atoms with Crippen LogP contribution < -0.4 is 39.0 Å². The summed E-state index contributed by atoms with van der Waals surface area (Å²) in [5.74, 6) is 3.24. The van der Waals surface area contributed by atoms with Crippen molar-refractivity contribution >= 4 is 22.4 Å². The van der Waals surface area contributed by atoms with E-state index in [0.717, 1.165) is 10.5 Å². The van der Waals surface area contributed by atoms with E-state index in [4.69, 9.17) is 21.1 Å². The summed E-state index contributed by atoms with van der Waals surface area (Å²) in [6.45, 7) is 0. The fourth-order valence-electron chi connectivity index (χ4n) is 1.92. The zero-order chi connectivity index (χ0) is 15.2. The Bertz CT molecular complexity index is 635. The van der Waals surface area contributed by atoms with Crippen LogP contribution in [0.25, 0.3) is 0 Å². The Morgan fingerprint density at radius 3 is 2.27 bits per heavy atom. The fourth-order valence-corrected chi connectivity index (χ4v) is 3.10. The molecular weight excluding hydrogens is 331 g/mol. The molecule has 2 aromatic rings. The molecule has 2 rings (SSSR count). The van der Waals surface area contributed by atoms with Crippen molar-refractivity contribution in [3.63, 3.8) is 0 Å². The maximum Gasteiger partial charge on any atom is 1.00 e. The van der Waals surface area contributed by atoms with Crippen molar-refractivity contribution < 1.29 is 43.2 Å². The van der Waals surface area contributed by atoms with Gasteiger partial charge in [-0.3, -0.25) is 4.21 Å². The third-order valence-electron chi connectivity index (χ3n) is 2.99. The van der Waals surface area contributed by atoms with E-state index in [-0.39, 0.29) is 29.6 Å². The van der Waals surface area contributed by atoms with Gasteiger partial charge in [-0.15, -0.1) is 23.2 Å². The van der Waals surface area contributed by atoms with E-state index in [1.807, 2.05) is 30.3 Å². The van der Waals surface area contributed by atoms with Gasteiger partial charge in [0.05, 0.1) is 20.0 Å². The Kier molecular flexibility index (Phi) is 8.36. The van der Waals surface area contributed by atoms with Crippen molar-refractivity contribution in [1.82, 2.24) is 0 Å². The van der Waals surface area contributed by atoms with Crippen LogP contribution in [0.15, 0.2) is 47.4 Å². The Balaban J connectivity index is 0.00000242. The smallest absolute Gasteiger partial charge is 0.554 e. The molecule has 3 nitrogen and oxygen atoms in total. The van der Waals surface area contributed by atoms with Crippen molar-refractivity contribution in [1.29, 1.82) is 0 Å². The van der Waals surface area contributed by atoms with Crippen LogP contribution in [-0.4, -0.2) is 18.4 Å².